The van der Waals surface area contributed by atoms with Gasteiger partial charge in [-0.2, -0.15) is 0 Å². The molecule has 1 aromatic heterocycles. The number of nitrogens with one attached hydrogen (secondary N) is 3. The van der Waals surface area contributed by atoms with Gasteiger partial charge < -0.3 is 10.1 Å². The largest absolute Gasteiger partial charge is 0.457 e. The Morgan fingerprint density at radius 2 is 1.90 bits per heavy atom. The maximum atomic E-state index is 13.1. The summed E-state index contributed by atoms with van der Waals surface area (Å²) in [6.45, 7) is 14.2. The molecule has 1 aliphatic rings. The molecule has 0 unspecified atom stereocenters. The molecule has 1 saturated heterocycles. The van der Waals surface area contributed by atoms with Gasteiger partial charge in [0, 0.05) is 18.1 Å². The quantitative estimate of drug-likeness (QED) is 0.255. The van der Waals surface area contributed by atoms with Crippen molar-refractivity contribution in [2.45, 2.75) is 64.8 Å². The van der Waals surface area contributed by atoms with Crippen molar-refractivity contribution >= 4 is 44.7 Å². The number of fused-ring (bicyclic) bond motifs is 1. The summed E-state index contributed by atoms with van der Waals surface area (Å²) in [6, 6.07) is 4.86. The number of benzene rings is 1. The number of carbonyl (C=O) groups excluding carboxylic acids is 3. The molecule has 2 heterocycles. The molecule has 1 aromatic carbocycles. The van der Waals surface area contributed by atoms with Crippen LogP contribution in [0.15, 0.2) is 49.7 Å². The molecule has 0 saturated carbocycles. The van der Waals surface area contributed by atoms with Crippen LogP contribution in [0.5, 0.6) is 0 Å². The highest BCUT2D eigenvalue weighted by Crippen LogP contribution is 2.24. The van der Waals surface area contributed by atoms with Crippen molar-refractivity contribution in [1.29, 1.82) is 0 Å². The third-order valence-electron chi connectivity index (χ3n) is 6.80. The van der Waals surface area contributed by atoms with E-state index in [9.17, 15) is 22.8 Å². The first-order valence-electron chi connectivity index (χ1n) is 13.6. The van der Waals surface area contributed by atoms with Gasteiger partial charge in [-0.3, -0.25) is 24.4 Å². The van der Waals surface area contributed by atoms with E-state index < -0.39 is 52.0 Å². The zero-order chi connectivity index (χ0) is 30.3. The molecular formula is C29H39N5O6S. The molecule has 0 aliphatic carbocycles. The lowest BCUT2D eigenvalue weighted by Crippen LogP contribution is -2.61. The van der Waals surface area contributed by atoms with Crippen molar-refractivity contribution in [2.75, 3.05) is 12.3 Å². The molecule has 1 aliphatic heterocycles. The lowest BCUT2D eigenvalue weighted by atomic mass is 10.0. The molecular weight excluding hydrogens is 546 g/mol. The average Bonchev–Trinajstić information content (AvgIpc) is 2.94. The van der Waals surface area contributed by atoms with Gasteiger partial charge in [0.25, 0.3) is 5.91 Å². The molecule has 3 N–H and O–H groups in total. The van der Waals surface area contributed by atoms with Gasteiger partial charge in [0.1, 0.15) is 24.2 Å². The summed E-state index contributed by atoms with van der Waals surface area (Å²) >= 11 is 0. The Balaban J connectivity index is 1.60. The first-order chi connectivity index (χ1) is 19.3. The van der Waals surface area contributed by atoms with Crippen LogP contribution in [-0.2, 0) is 29.1 Å². The second kappa shape index (κ2) is 13.8. The Morgan fingerprint density at radius 1 is 1.17 bits per heavy atom. The molecule has 2 aromatic rings. The highest BCUT2D eigenvalue weighted by atomic mass is 32.2. The van der Waals surface area contributed by atoms with Crippen molar-refractivity contribution in [1.82, 2.24) is 25.5 Å². The second-order valence-electron chi connectivity index (χ2n) is 10.5. The predicted molar refractivity (Wildman–Crippen MR) is 158 cm³/mol. The standard InChI is InChI=1S/C29H39N5O6S/c1-7-14-41(38,39)33-26(18(3)4)27(35)31-19(5)28(36)34-13-9-10-25(32-34)29(37)40-20(6)21-11-12-22-17-30-24(8-2)16-23(22)15-21/h7-8,11-12,15-20,25-26,32-33H,1-2,9-10,13-14H2,3-6H3,(H,31,35)/t19-,20+,25-,26-/m0/s1. The number of aromatic nitrogens is 1. The van der Waals surface area contributed by atoms with Crippen LogP contribution in [0, 0.1) is 5.92 Å². The summed E-state index contributed by atoms with van der Waals surface area (Å²) in [6.07, 6.45) is 5.15. The number of hydrogen-bond acceptors (Lipinski definition) is 8. The minimum atomic E-state index is -3.75. The van der Waals surface area contributed by atoms with Gasteiger partial charge in [-0.05, 0) is 61.8 Å². The molecule has 12 heteroatoms. The SMILES string of the molecule is C=CCS(=O)(=O)N[C@H](C(=O)N[C@@H](C)C(=O)N1CCC[C@@H](C(=O)O[C@H](C)c2ccc3cnc(C=C)cc3c2)N1)C(C)C. The van der Waals surface area contributed by atoms with Crippen LogP contribution < -0.4 is 15.5 Å². The van der Waals surface area contributed by atoms with Crippen LogP contribution in [0.4, 0.5) is 0 Å². The summed E-state index contributed by atoms with van der Waals surface area (Å²) in [5, 5.41) is 5.80. The number of hydrazine groups is 1. The summed E-state index contributed by atoms with van der Waals surface area (Å²) in [5.74, 6) is -2.28. The van der Waals surface area contributed by atoms with E-state index in [0.29, 0.717) is 19.4 Å². The molecule has 0 radical (unpaired) electrons. The van der Waals surface area contributed by atoms with Crippen molar-refractivity contribution in [3.63, 3.8) is 0 Å². The van der Waals surface area contributed by atoms with E-state index in [0.717, 1.165) is 22.0 Å². The molecule has 11 nitrogen and oxygen atoms in total. The number of rotatable bonds is 12. The number of carbonyl (C=O) groups is 3. The Hall–Kier alpha value is -3.61. The number of hydrogen-bond donors (Lipinski definition) is 3. The summed E-state index contributed by atoms with van der Waals surface area (Å²) < 4.78 is 32.4. The summed E-state index contributed by atoms with van der Waals surface area (Å²) in [5.41, 5.74) is 4.49. The zero-order valence-electron chi connectivity index (χ0n) is 23.9. The minimum absolute atomic E-state index is 0.333. The molecule has 3 rings (SSSR count). The third-order valence-corrected chi connectivity index (χ3v) is 8.08. The monoisotopic (exact) mass is 585 g/mol. The lowest BCUT2D eigenvalue weighted by Gasteiger charge is -2.35. The number of esters is 1. The fourth-order valence-electron chi connectivity index (χ4n) is 4.47. The van der Waals surface area contributed by atoms with E-state index in [1.54, 1.807) is 33.0 Å². The molecule has 1 fully saturated rings. The zero-order valence-corrected chi connectivity index (χ0v) is 24.7. The molecule has 222 valence electrons. The van der Waals surface area contributed by atoms with Crippen molar-refractivity contribution in [3.8, 4) is 0 Å². The number of nitrogens with zero attached hydrogens (tertiary/aromatic N) is 2. The maximum Gasteiger partial charge on any atom is 0.325 e. The van der Waals surface area contributed by atoms with E-state index in [1.165, 1.54) is 18.0 Å². The van der Waals surface area contributed by atoms with Crippen LogP contribution in [0.25, 0.3) is 16.8 Å². The average molecular weight is 586 g/mol. The van der Waals surface area contributed by atoms with Crippen molar-refractivity contribution in [2.24, 2.45) is 5.92 Å². The van der Waals surface area contributed by atoms with Crippen LogP contribution in [0.2, 0.25) is 0 Å². The van der Waals surface area contributed by atoms with Crippen LogP contribution in [0.1, 0.15) is 57.9 Å². The predicted octanol–water partition coefficient (Wildman–Crippen LogP) is 2.61. The van der Waals surface area contributed by atoms with E-state index in [4.69, 9.17) is 4.74 Å². The fourth-order valence-corrected chi connectivity index (χ4v) is 5.64. The lowest BCUT2D eigenvalue weighted by molar-refractivity contribution is -0.157. The number of ether oxygens (including phenoxy) is 1. The van der Waals surface area contributed by atoms with Gasteiger partial charge >= 0.3 is 5.97 Å². The third kappa shape index (κ3) is 8.44. The Morgan fingerprint density at radius 3 is 2.56 bits per heavy atom. The maximum absolute atomic E-state index is 13.1. The van der Waals surface area contributed by atoms with Crippen molar-refractivity contribution < 1.29 is 27.5 Å². The molecule has 41 heavy (non-hydrogen) atoms. The Bertz CT molecular complexity index is 1410. The normalized spacial score (nSPS) is 17.9. The van der Waals surface area contributed by atoms with Crippen LogP contribution >= 0.6 is 0 Å². The van der Waals surface area contributed by atoms with E-state index >= 15 is 0 Å². The van der Waals surface area contributed by atoms with E-state index in [2.05, 4.69) is 33.6 Å². The molecule has 0 bridgehead atoms. The number of pyridine rings is 1. The van der Waals surface area contributed by atoms with Gasteiger partial charge in [0.05, 0.1) is 11.4 Å². The van der Waals surface area contributed by atoms with Crippen LogP contribution in [0.3, 0.4) is 0 Å². The smallest absolute Gasteiger partial charge is 0.325 e. The summed E-state index contributed by atoms with van der Waals surface area (Å²) in [7, 11) is -3.75. The number of sulfonamides is 1. The van der Waals surface area contributed by atoms with Crippen LogP contribution in [-0.4, -0.2) is 66.6 Å². The first-order valence-corrected chi connectivity index (χ1v) is 15.2. The van der Waals surface area contributed by atoms with Gasteiger partial charge in [0.15, 0.2) is 0 Å². The Kier molecular flexibility index (Phi) is 10.8. The number of amides is 2. The molecule has 4 atom stereocenters. The topological polar surface area (TPSA) is 147 Å². The molecule has 2 amide bonds. The minimum Gasteiger partial charge on any atom is -0.457 e. The fraction of sp³-hybridized carbons (Fsp3) is 0.448. The van der Waals surface area contributed by atoms with Gasteiger partial charge in [-0.15, -0.1) is 6.58 Å². The van der Waals surface area contributed by atoms with Gasteiger partial charge in [-0.1, -0.05) is 38.6 Å². The highest BCUT2D eigenvalue weighted by Gasteiger charge is 2.34. The first kappa shape index (κ1) is 31.9. The molecule has 0 spiro atoms. The van der Waals surface area contributed by atoms with E-state index in [1.807, 2.05) is 24.3 Å². The Labute approximate surface area is 241 Å². The van der Waals surface area contributed by atoms with Crippen molar-refractivity contribution in [3.05, 3.63) is 61.0 Å². The van der Waals surface area contributed by atoms with Gasteiger partial charge in [-0.25, -0.2) is 18.6 Å². The highest BCUT2D eigenvalue weighted by molar-refractivity contribution is 7.89. The van der Waals surface area contributed by atoms with Gasteiger partial charge in [0.2, 0.25) is 15.9 Å². The second-order valence-corrected chi connectivity index (χ2v) is 12.3. The summed E-state index contributed by atoms with van der Waals surface area (Å²) in [4.78, 5) is 43.3. The van der Waals surface area contributed by atoms with E-state index in [-0.39, 0.29) is 11.7 Å².